The number of nitrogens with one attached hydrogen (secondary N) is 4. The van der Waals surface area contributed by atoms with Crippen LogP contribution in [-0.4, -0.2) is 128 Å². The van der Waals surface area contributed by atoms with E-state index in [1.807, 2.05) is 0 Å². The number of non-ortho nitro benzene ring substituents is 2. The molecule has 2 heterocycles. The molecule has 0 saturated carbocycles. The first-order chi connectivity index (χ1) is 44.1. The average molecular weight is 1580 g/mol. The molecule has 0 unspecified atom stereocenters. The Morgan fingerprint density at radius 3 is 1.03 bits per heavy atom. The van der Waals surface area contributed by atoms with Gasteiger partial charge in [-0.2, -0.15) is 40.1 Å². The molecule has 100 heavy (non-hydrogen) atoms. The van der Waals surface area contributed by atoms with E-state index in [1.165, 1.54) is 36.4 Å². The smallest absolute Gasteiger partial charge is 0.871 e. The molecule has 0 saturated heterocycles. The molecule has 0 aliphatic heterocycles. The van der Waals surface area contributed by atoms with Gasteiger partial charge in [0.05, 0.1) is 65.4 Å². The van der Waals surface area contributed by atoms with Crippen molar-refractivity contribution in [2.45, 2.75) is 19.6 Å². The minimum Gasteiger partial charge on any atom is -0.871 e. The van der Waals surface area contributed by atoms with Crippen LogP contribution in [0.5, 0.6) is 23.0 Å². The van der Waals surface area contributed by atoms with Crippen molar-refractivity contribution in [3.05, 3.63) is 128 Å². The standard InChI is InChI=1S/2C25H19ClN8O11S2.Co.5Na/c2*26-23-29-24(27-5-6-35)31-25(30-23)28-12-1-3-14-11(7-12)8-19(47(43,44)45)21(22(14)37)33-32-20-15-4-2-13(34(38)39)9-16(15)18(10-17(20)36)46(40,41)42;;;;;;/h2*1-4,7-10,35-37H,5-6H2,(H,40,41,42)(H,43,44,45)(H2,27,28,29,30,31);;;;;;/q;;+3;5*+1/p-8. The molecule has 2 aromatic heterocycles. The molecular weight excluding hydrogens is 1550 g/mol. The van der Waals surface area contributed by atoms with Crippen LogP contribution >= 0.6 is 23.2 Å². The minimum atomic E-state index is -5.41. The van der Waals surface area contributed by atoms with Crippen molar-refractivity contribution in [3.8, 4) is 23.0 Å². The molecule has 10 aromatic rings. The van der Waals surface area contributed by atoms with Gasteiger partial charge in [0, 0.05) is 70.3 Å². The van der Waals surface area contributed by atoms with Crippen molar-refractivity contribution < 1.29 is 257 Å². The van der Waals surface area contributed by atoms with Crippen LogP contribution in [0.1, 0.15) is 0 Å². The molecule has 6 N–H and O–H groups in total. The van der Waals surface area contributed by atoms with Crippen molar-refractivity contribution in [1.82, 2.24) is 29.9 Å². The van der Waals surface area contributed by atoms with Gasteiger partial charge in [-0.05, 0) is 105 Å². The van der Waals surface area contributed by atoms with Crippen LogP contribution in [0.25, 0.3) is 43.1 Å². The zero-order valence-electron chi connectivity index (χ0n) is 51.2. The second-order valence-electron chi connectivity index (χ2n) is 18.7. The molecule has 0 atom stereocenters. The molecular formula is C50H30Cl2CoN16Na5O22S4. The molecule has 8 aromatic carbocycles. The number of rotatable bonds is 20. The number of halogens is 2. The summed E-state index contributed by atoms with van der Waals surface area (Å²) in [5, 5.41) is 115. The first-order valence-corrected chi connectivity index (χ1v) is 31.7. The molecule has 0 spiro atoms. The van der Waals surface area contributed by atoms with Crippen LogP contribution in [0, 0.1) is 20.2 Å². The number of aromatic nitrogens is 6. The summed E-state index contributed by atoms with van der Waals surface area (Å²) in [5.74, 6) is -4.73. The predicted octanol–water partition coefficient (Wildman–Crippen LogP) is -10.5. The largest absolute Gasteiger partial charge is 3.00 e. The average Bonchev–Trinajstić information content (AvgIpc) is 0.769. The summed E-state index contributed by atoms with van der Waals surface area (Å²) in [5.41, 5.74) is -4.25. The van der Waals surface area contributed by atoms with Gasteiger partial charge in [-0.3, -0.25) is 20.2 Å². The number of anilines is 6. The number of nitro benzene ring substituents is 2. The number of hydrogen-bond donors (Lipinski definition) is 6. The zero-order chi connectivity index (χ0) is 68.5. The Morgan fingerprint density at radius 2 is 0.720 bits per heavy atom. The van der Waals surface area contributed by atoms with E-state index in [1.54, 1.807) is 0 Å². The van der Waals surface area contributed by atoms with Gasteiger partial charge in [0.2, 0.25) is 34.4 Å². The van der Waals surface area contributed by atoms with E-state index in [4.69, 9.17) is 33.4 Å². The minimum absolute atomic E-state index is 0. The number of nitro groups is 2. The van der Waals surface area contributed by atoms with E-state index < -0.39 is 149 Å². The van der Waals surface area contributed by atoms with Gasteiger partial charge in [-0.15, -0.1) is 10.2 Å². The normalized spacial score (nSPS) is 11.4. The fourth-order valence-corrected chi connectivity index (χ4v) is 11.7. The fraction of sp³-hybridized carbons (Fsp3) is 0.0800. The molecule has 0 aliphatic rings. The van der Waals surface area contributed by atoms with Crippen molar-refractivity contribution >= 4 is 176 Å². The fourth-order valence-electron chi connectivity index (χ4n) is 8.69. The van der Waals surface area contributed by atoms with Gasteiger partial charge in [0.15, 0.2) is 0 Å². The van der Waals surface area contributed by atoms with E-state index in [0.29, 0.717) is 24.3 Å². The summed E-state index contributed by atoms with van der Waals surface area (Å²) >= 11 is 11.8. The van der Waals surface area contributed by atoms with Gasteiger partial charge >= 0.3 is 165 Å². The number of azo groups is 2. The van der Waals surface area contributed by atoms with Gasteiger partial charge in [-0.25, -0.2) is 33.7 Å². The summed E-state index contributed by atoms with van der Waals surface area (Å²) in [6.07, 6.45) is 0. The van der Waals surface area contributed by atoms with E-state index in [2.05, 4.69) is 71.6 Å². The number of aliphatic hydroxyl groups excluding tert-OH is 2. The number of nitrogens with zero attached hydrogens (tertiary/aromatic N) is 12. The number of benzene rings is 8. The third-order valence-corrected chi connectivity index (χ3v) is 16.4. The summed E-state index contributed by atoms with van der Waals surface area (Å²) in [6, 6.07) is 15.2. The SMILES string of the molecule is O=[N+]([O-])c1ccc2c(N=Nc3c(S(=O)(=O)[O-])cc4cc(Nc5nc(Cl)nc(NCCO)n5)ccc4c3[O-])c([O-])cc(S(=O)(=O)[O-])c2c1.O=[N+]([O-])c1ccc2c(N=Nc3c(S(=O)(=O)[O-])cc4cc(Nc5nc(Cl)nc(NCCO)n5)ccc4c3[O-])c([O-])cc(S(=O)(=O)[O-])c2c1.[Co+3].[Na+].[Na+].[Na+].[Na+].[Na+]. The first kappa shape index (κ1) is 89.1. The molecule has 38 nitrogen and oxygen atoms in total. The maximum Gasteiger partial charge on any atom is 3.00 e. The molecule has 0 aliphatic carbocycles. The molecule has 50 heteroatoms. The Hall–Kier alpha value is -5.13. The molecule has 0 fully saturated rings. The molecule has 0 radical (unpaired) electrons. The quantitative estimate of drug-likeness (QED) is 0.0136. The summed E-state index contributed by atoms with van der Waals surface area (Å²) in [7, 11) is -21.5. The number of fused-ring (bicyclic) bond motifs is 4. The van der Waals surface area contributed by atoms with Crippen LogP contribution < -0.4 is 189 Å². The van der Waals surface area contributed by atoms with Crippen molar-refractivity contribution in [1.29, 1.82) is 0 Å². The van der Waals surface area contributed by atoms with Gasteiger partial charge in [0.25, 0.3) is 11.4 Å². The van der Waals surface area contributed by atoms with Crippen molar-refractivity contribution in [2.75, 3.05) is 47.6 Å². The van der Waals surface area contributed by atoms with E-state index >= 15 is 0 Å². The molecule has 0 amide bonds. The van der Waals surface area contributed by atoms with Crippen LogP contribution in [0.3, 0.4) is 0 Å². The van der Waals surface area contributed by atoms with Gasteiger partial charge < -0.3 is 70.1 Å². The Kier molecular flexibility index (Phi) is 32.5. The predicted molar refractivity (Wildman–Crippen MR) is 314 cm³/mol. The third kappa shape index (κ3) is 21.1. The van der Waals surface area contributed by atoms with E-state index in [0.717, 1.165) is 36.4 Å². The second kappa shape index (κ2) is 36.5. The summed E-state index contributed by atoms with van der Waals surface area (Å²) < 4.78 is 144. The Bertz CT molecular complexity index is 5080. The maximum absolute atomic E-state index is 13.4. The van der Waals surface area contributed by atoms with Crippen LogP contribution in [0.2, 0.25) is 10.6 Å². The number of aliphatic hydroxyl groups is 2. The van der Waals surface area contributed by atoms with E-state index in [-0.39, 0.29) is 258 Å². The van der Waals surface area contributed by atoms with Crippen LogP contribution in [0.15, 0.2) is 137 Å². The zero-order valence-corrected chi connectivity index (χ0v) is 67.0. The van der Waals surface area contributed by atoms with Crippen LogP contribution in [0.4, 0.5) is 69.3 Å². The molecule has 0 bridgehead atoms. The van der Waals surface area contributed by atoms with Crippen molar-refractivity contribution in [3.63, 3.8) is 0 Å². The Morgan fingerprint density at radius 1 is 0.410 bits per heavy atom. The summed E-state index contributed by atoms with van der Waals surface area (Å²) in [6.45, 7) is -0.233. The third-order valence-electron chi connectivity index (χ3n) is 12.6. The second-order valence-corrected chi connectivity index (χ2v) is 24.7. The maximum atomic E-state index is 13.4. The molecule has 494 valence electrons. The summed E-state index contributed by atoms with van der Waals surface area (Å²) in [4.78, 5) is 39.9. The van der Waals surface area contributed by atoms with Gasteiger partial charge in [-0.1, -0.05) is 35.1 Å². The van der Waals surface area contributed by atoms with Crippen molar-refractivity contribution in [2.24, 2.45) is 20.5 Å². The van der Waals surface area contributed by atoms with Gasteiger partial charge in [0.1, 0.15) is 40.5 Å². The number of hydrogen-bond acceptors (Lipinski definition) is 36. The molecule has 10 rings (SSSR count). The monoisotopic (exact) mass is 1580 g/mol. The van der Waals surface area contributed by atoms with E-state index in [9.17, 15) is 92.5 Å². The topological polar surface area (TPSA) is 623 Å². The van der Waals surface area contributed by atoms with Crippen LogP contribution in [-0.2, 0) is 57.3 Å². The Labute approximate surface area is 692 Å². The first-order valence-electron chi connectivity index (χ1n) is 25.3. The Balaban J connectivity index is 0.000000491.